The topological polar surface area (TPSA) is 40.7 Å². The van der Waals surface area contributed by atoms with Crippen LogP contribution in [-0.2, 0) is 6.54 Å². The van der Waals surface area contributed by atoms with Gasteiger partial charge in [-0.15, -0.1) is 0 Å². The van der Waals surface area contributed by atoms with E-state index in [2.05, 4.69) is 43.0 Å². The molecule has 1 aromatic rings. The summed E-state index contributed by atoms with van der Waals surface area (Å²) in [5.74, 6) is 2.82. The predicted molar refractivity (Wildman–Crippen MR) is 80.2 cm³/mol. The van der Waals surface area contributed by atoms with Crippen molar-refractivity contribution < 1.29 is 0 Å². The van der Waals surface area contributed by atoms with Gasteiger partial charge in [-0.2, -0.15) is 0 Å². The molecule has 0 unspecified atom stereocenters. The molecule has 0 saturated heterocycles. The monoisotopic (exact) mass is 263 g/mol. The minimum atomic E-state index is 0.157. The first kappa shape index (κ1) is 14.6. The fourth-order valence-corrected chi connectivity index (χ4v) is 2.88. The molecule has 1 fully saturated rings. The lowest BCUT2D eigenvalue weighted by molar-refractivity contribution is 0.312. The van der Waals surface area contributed by atoms with Crippen LogP contribution in [-0.4, -0.2) is 15.5 Å². The Balaban J connectivity index is 1.87. The van der Waals surface area contributed by atoms with Crippen molar-refractivity contribution in [3.05, 3.63) is 17.7 Å². The molecule has 3 heteroatoms. The van der Waals surface area contributed by atoms with Gasteiger partial charge in [0.1, 0.15) is 5.82 Å². The number of aromatic amines is 1. The van der Waals surface area contributed by atoms with Crippen LogP contribution in [0.25, 0.3) is 0 Å². The van der Waals surface area contributed by atoms with E-state index in [1.165, 1.54) is 43.6 Å². The Labute approximate surface area is 117 Å². The molecule has 0 bridgehead atoms. The lowest BCUT2D eigenvalue weighted by Crippen LogP contribution is -2.35. The standard InChI is InChI=1S/C16H29N3/c1-5-12-6-8-13(9-7-12)15-17-10-14(19-15)11-18-16(2,3)4/h10,12-13,18H,5-9,11H2,1-4H3,(H,17,19). The Kier molecular flexibility index (Phi) is 4.67. The van der Waals surface area contributed by atoms with Gasteiger partial charge >= 0.3 is 0 Å². The summed E-state index contributed by atoms with van der Waals surface area (Å²) in [5.41, 5.74) is 1.37. The van der Waals surface area contributed by atoms with Crippen LogP contribution in [0.4, 0.5) is 0 Å². The lowest BCUT2D eigenvalue weighted by atomic mass is 9.80. The minimum absolute atomic E-state index is 0.157. The van der Waals surface area contributed by atoms with Gasteiger partial charge in [0.2, 0.25) is 0 Å². The quantitative estimate of drug-likeness (QED) is 0.862. The first-order valence-corrected chi connectivity index (χ1v) is 7.76. The number of imidazole rings is 1. The molecule has 2 N–H and O–H groups in total. The van der Waals surface area contributed by atoms with Gasteiger partial charge in [-0.1, -0.05) is 13.3 Å². The molecule has 1 heterocycles. The fraction of sp³-hybridized carbons (Fsp3) is 0.812. The van der Waals surface area contributed by atoms with Crippen molar-refractivity contribution >= 4 is 0 Å². The molecule has 1 aliphatic carbocycles. The second-order valence-electron chi connectivity index (χ2n) is 7.02. The summed E-state index contributed by atoms with van der Waals surface area (Å²) >= 11 is 0. The molecule has 0 aliphatic heterocycles. The van der Waals surface area contributed by atoms with Gasteiger partial charge in [-0.05, 0) is 52.4 Å². The lowest BCUT2D eigenvalue weighted by Gasteiger charge is -2.26. The Morgan fingerprint density at radius 2 is 1.95 bits per heavy atom. The number of nitrogens with zero attached hydrogens (tertiary/aromatic N) is 1. The SMILES string of the molecule is CCC1CCC(c2ncc(CNC(C)(C)C)[nH]2)CC1. The van der Waals surface area contributed by atoms with Crippen molar-refractivity contribution in [3.63, 3.8) is 0 Å². The second kappa shape index (κ2) is 6.08. The molecule has 1 aliphatic rings. The van der Waals surface area contributed by atoms with Crippen LogP contribution >= 0.6 is 0 Å². The predicted octanol–water partition coefficient (Wildman–Crippen LogP) is 3.98. The summed E-state index contributed by atoms with van der Waals surface area (Å²) in [6.45, 7) is 9.76. The average molecular weight is 263 g/mol. The van der Waals surface area contributed by atoms with E-state index in [4.69, 9.17) is 0 Å². The van der Waals surface area contributed by atoms with Crippen molar-refractivity contribution in [2.75, 3.05) is 0 Å². The molecule has 1 aromatic heterocycles. The number of hydrogen-bond donors (Lipinski definition) is 2. The summed E-state index contributed by atoms with van der Waals surface area (Å²) in [6, 6.07) is 0. The van der Waals surface area contributed by atoms with Crippen LogP contribution in [0, 0.1) is 5.92 Å². The van der Waals surface area contributed by atoms with E-state index < -0.39 is 0 Å². The molecule has 2 rings (SSSR count). The Hall–Kier alpha value is -0.830. The van der Waals surface area contributed by atoms with Gasteiger partial charge in [-0.25, -0.2) is 4.98 Å². The number of H-pyrrole nitrogens is 1. The molecule has 19 heavy (non-hydrogen) atoms. The van der Waals surface area contributed by atoms with Gasteiger partial charge in [0.05, 0.1) is 0 Å². The molecular weight excluding hydrogens is 234 g/mol. The van der Waals surface area contributed by atoms with Crippen molar-refractivity contribution in [3.8, 4) is 0 Å². The maximum Gasteiger partial charge on any atom is 0.109 e. The number of hydrogen-bond acceptors (Lipinski definition) is 2. The number of rotatable bonds is 4. The normalized spacial score (nSPS) is 24.6. The zero-order valence-electron chi connectivity index (χ0n) is 12.9. The largest absolute Gasteiger partial charge is 0.345 e. The maximum atomic E-state index is 4.60. The van der Waals surface area contributed by atoms with E-state index in [1.807, 2.05) is 6.20 Å². The van der Waals surface area contributed by atoms with Gasteiger partial charge in [0, 0.05) is 29.9 Å². The van der Waals surface area contributed by atoms with Crippen LogP contribution in [0.5, 0.6) is 0 Å². The molecule has 0 radical (unpaired) electrons. The summed E-state index contributed by atoms with van der Waals surface area (Å²) in [7, 11) is 0. The zero-order valence-corrected chi connectivity index (χ0v) is 12.9. The highest BCUT2D eigenvalue weighted by Crippen LogP contribution is 2.35. The number of aromatic nitrogens is 2. The van der Waals surface area contributed by atoms with E-state index in [0.717, 1.165) is 12.5 Å². The molecule has 0 amide bonds. The minimum Gasteiger partial charge on any atom is -0.345 e. The van der Waals surface area contributed by atoms with Crippen LogP contribution in [0.1, 0.15) is 77.2 Å². The van der Waals surface area contributed by atoms with Crippen LogP contribution < -0.4 is 5.32 Å². The highest BCUT2D eigenvalue weighted by molar-refractivity contribution is 5.06. The second-order valence-corrected chi connectivity index (χ2v) is 7.02. The molecule has 3 nitrogen and oxygen atoms in total. The highest BCUT2D eigenvalue weighted by Gasteiger charge is 2.23. The summed E-state index contributed by atoms with van der Waals surface area (Å²) in [6.07, 6.45) is 8.69. The summed E-state index contributed by atoms with van der Waals surface area (Å²) in [4.78, 5) is 8.11. The van der Waals surface area contributed by atoms with Crippen LogP contribution in [0.2, 0.25) is 0 Å². The highest BCUT2D eigenvalue weighted by atomic mass is 15.0. The summed E-state index contributed by atoms with van der Waals surface area (Å²) in [5, 5.41) is 3.50. The van der Waals surface area contributed by atoms with Crippen LogP contribution in [0.3, 0.4) is 0 Å². The van der Waals surface area contributed by atoms with Crippen molar-refractivity contribution in [1.82, 2.24) is 15.3 Å². The van der Waals surface area contributed by atoms with E-state index in [-0.39, 0.29) is 5.54 Å². The van der Waals surface area contributed by atoms with Gasteiger partial charge in [0.15, 0.2) is 0 Å². The van der Waals surface area contributed by atoms with E-state index in [0.29, 0.717) is 5.92 Å². The molecule has 1 saturated carbocycles. The Morgan fingerprint density at radius 3 is 2.53 bits per heavy atom. The fourth-order valence-electron chi connectivity index (χ4n) is 2.88. The molecule has 108 valence electrons. The smallest absolute Gasteiger partial charge is 0.109 e. The first-order valence-electron chi connectivity index (χ1n) is 7.76. The molecular formula is C16H29N3. The van der Waals surface area contributed by atoms with Gasteiger partial charge < -0.3 is 10.3 Å². The zero-order chi connectivity index (χ0) is 13.9. The molecule has 0 spiro atoms. The van der Waals surface area contributed by atoms with E-state index in [9.17, 15) is 0 Å². The first-order chi connectivity index (χ1) is 8.98. The van der Waals surface area contributed by atoms with Gasteiger partial charge in [0.25, 0.3) is 0 Å². The third-order valence-electron chi connectivity index (χ3n) is 4.27. The summed E-state index contributed by atoms with van der Waals surface area (Å²) < 4.78 is 0. The Morgan fingerprint density at radius 1 is 1.26 bits per heavy atom. The number of nitrogens with one attached hydrogen (secondary N) is 2. The third kappa shape index (κ3) is 4.34. The van der Waals surface area contributed by atoms with Crippen molar-refractivity contribution in [2.45, 2.75) is 77.8 Å². The van der Waals surface area contributed by atoms with E-state index >= 15 is 0 Å². The molecule has 0 aromatic carbocycles. The van der Waals surface area contributed by atoms with Crippen molar-refractivity contribution in [2.24, 2.45) is 5.92 Å². The Bertz CT molecular complexity index is 381. The molecule has 0 atom stereocenters. The maximum absolute atomic E-state index is 4.60. The van der Waals surface area contributed by atoms with E-state index in [1.54, 1.807) is 0 Å². The van der Waals surface area contributed by atoms with Crippen molar-refractivity contribution in [1.29, 1.82) is 0 Å². The average Bonchev–Trinajstić information content (AvgIpc) is 2.84. The van der Waals surface area contributed by atoms with Crippen LogP contribution in [0.15, 0.2) is 6.20 Å². The third-order valence-corrected chi connectivity index (χ3v) is 4.27. The van der Waals surface area contributed by atoms with Gasteiger partial charge in [-0.3, -0.25) is 0 Å².